The monoisotopic (exact) mass is 500 g/mol. The second-order valence-electron chi connectivity index (χ2n) is 8.52. The summed E-state index contributed by atoms with van der Waals surface area (Å²) in [5, 5.41) is 11.7. The van der Waals surface area contributed by atoms with Gasteiger partial charge in [0.15, 0.2) is 0 Å². The molecule has 4 aromatic rings. The number of anilines is 2. The molecular formula is C28H25ClN4O3. The van der Waals surface area contributed by atoms with Gasteiger partial charge in [0, 0.05) is 29.4 Å². The highest BCUT2D eigenvalue weighted by Gasteiger charge is 2.48. The summed E-state index contributed by atoms with van der Waals surface area (Å²) in [7, 11) is 0. The average Bonchev–Trinajstić information content (AvgIpc) is 3.43. The van der Waals surface area contributed by atoms with Crippen LogP contribution in [0.4, 0.5) is 11.6 Å². The van der Waals surface area contributed by atoms with Gasteiger partial charge in [-0.2, -0.15) is 0 Å². The molecule has 0 radical (unpaired) electrons. The molecule has 2 N–H and O–H groups in total. The zero-order chi connectivity index (χ0) is 25.4. The summed E-state index contributed by atoms with van der Waals surface area (Å²) in [6, 6.07) is 20.8. The largest absolute Gasteiger partial charge is 0.507 e. The van der Waals surface area contributed by atoms with Crippen molar-refractivity contribution in [3.63, 3.8) is 0 Å². The van der Waals surface area contributed by atoms with E-state index in [4.69, 9.17) is 11.6 Å². The average molecular weight is 501 g/mol. The first-order chi connectivity index (χ1) is 17.4. The first kappa shape index (κ1) is 23.6. The molecular weight excluding hydrogens is 476 g/mol. The van der Waals surface area contributed by atoms with Crippen molar-refractivity contribution in [1.82, 2.24) is 9.97 Å². The lowest BCUT2D eigenvalue weighted by molar-refractivity contribution is -0.132. The van der Waals surface area contributed by atoms with E-state index in [1.165, 1.54) is 4.90 Å². The number of Topliss-reactive ketones (excluding diaryl/α,β-unsaturated/α-hetero) is 1. The van der Waals surface area contributed by atoms with E-state index in [2.05, 4.69) is 28.7 Å². The van der Waals surface area contributed by atoms with Crippen LogP contribution in [0, 0.1) is 0 Å². The van der Waals surface area contributed by atoms with E-state index in [0.717, 1.165) is 24.3 Å². The molecule has 0 bridgehead atoms. The summed E-state index contributed by atoms with van der Waals surface area (Å²) in [6.45, 7) is 5.86. The van der Waals surface area contributed by atoms with Crippen LogP contribution in [0.3, 0.4) is 0 Å². The number of hydrogen-bond acceptors (Lipinski definition) is 5. The minimum Gasteiger partial charge on any atom is -0.507 e. The number of carbonyl (C=O) groups excluding carboxylic acids is 2. The predicted octanol–water partition coefficient (Wildman–Crippen LogP) is 5.69. The van der Waals surface area contributed by atoms with Crippen molar-refractivity contribution in [1.29, 1.82) is 0 Å². The molecule has 1 aliphatic rings. The molecule has 1 unspecified atom stereocenters. The Labute approximate surface area is 213 Å². The molecule has 3 aromatic carbocycles. The Bertz CT molecular complexity index is 1460. The van der Waals surface area contributed by atoms with Crippen molar-refractivity contribution in [3.05, 3.63) is 94.5 Å². The fraction of sp³-hybridized carbons (Fsp3) is 0.179. The van der Waals surface area contributed by atoms with Gasteiger partial charge in [-0.25, -0.2) is 4.98 Å². The van der Waals surface area contributed by atoms with Gasteiger partial charge < -0.3 is 15.0 Å². The number of benzene rings is 3. The molecule has 1 saturated heterocycles. The number of para-hydroxylation sites is 2. The Morgan fingerprint density at radius 2 is 1.75 bits per heavy atom. The maximum atomic E-state index is 13.4. The van der Waals surface area contributed by atoms with Crippen molar-refractivity contribution >= 4 is 51.7 Å². The van der Waals surface area contributed by atoms with Gasteiger partial charge in [-0.15, -0.1) is 0 Å². The molecule has 1 atom stereocenters. The van der Waals surface area contributed by atoms with E-state index in [0.29, 0.717) is 21.7 Å². The van der Waals surface area contributed by atoms with Gasteiger partial charge in [0.2, 0.25) is 5.95 Å². The standard InChI is InChI=1S/C28H25ClN4O3/c1-3-32(4-2)20-14-12-17(13-15-20)24-23(25(34)18-8-7-9-19(29)16-18)26(35)27(36)33(24)28-30-21-10-5-6-11-22(21)31-28/h5-16,24,34H,3-4H2,1-2H3,(H,30,31)/b25-23+. The smallest absolute Gasteiger partial charge is 0.302 e. The number of aliphatic hydroxyl groups is 1. The van der Waals surface area contributed by atoms with E-state index in [1.807, 2.05) is 48.5 Å². The first-order valence-electron chi connectivity index (χ1n) is 11.8. The Kier molecular flexibility index (Phi) is 6.24. The number of nitrogens with zero attached hydrogens (tertiary/aromatic N) is 3. The second-order valence-corrected chi connectivity index (χ2v) is 8.96. The number of ketones is 1. The zero-order valence-corrected chi connectivity index (χ0v) is 20.7. The number of aliphatic hydroxyl groups excluding tert-OH is 1. The number of rotatable bonds is 6. The molecule has 0 aliphatic carbocycles. The molecule has 1 aliphatic heterocycles. The maximum Gasteiger partial charge on any atom is 0.302 e. The lowest BCUT2D eigenvalue weighted by Gasteiger charge is -2.25. The second kappa shape index (κ2) is 9.51. The summed E-state index contributed by atoms with van der Waals surface area (Å²) in [5.74, 6) is -1.60. The number of amides is 1. The number of imidazole rings is 1. The molecule has 1 aromatic heterocycles. The summed E-state index contributed by atoms with van der Waals surface area (Å²) in [5.41, 5.74) is 3.45. The van der Waals surface area contributed by atoms with Crippen LogP contribution in [0.1, 0.15) is 31.0 Å². The zero-order valence-electron chi connectivity index (χ0n) is 19.9. The number of aromatic amines is 1. The fourth-order valence-corrected chi connectivity index (χ4v) is 4.86. The van der Waals surface area contributed by atoms with Crippen molar-refractivity contribution in [2.75, 3.05) is 22.9 Å². The van der Waals surface area contributed by atoms with Gasteiger partial charge in [-0.1, -0.05) is 48.0 Å². The van der Waals surface area contributed by atoms with Crippen LogP contribution in [0.25, 0.3) is 16.8 Å². The van der Waals surface area contributed by atoms with Gasteiger partial charge in [0.1, 0.15) is 5.76 Å². The van der Waals surface area contributed by atoms with Crippen molar-refractivity contribution in [3.8, 4) is 0 Å². The van der Waals surface area contributed by atoms with Crippen molar-refractivity contribution < 1.29 is 14.7 Å². The topological polar surface area (TPSA) is 89.5 Å². The number of H-pyrrole nitrogens is 1. The number of fused-ring (bicyclic) bond motifs is 1. The highest BCUT2D eigenvalue weighted by atomic mass is 35.5. The van der Waals surface area contributed by atoms with Crippen LogP contribution >= 0.6 is 11.6 Å². The van der Waals surface area contributed by atoms with E-state index in [-0.39, 0.29) is 17.3 Å². The number of halogens is 1. The molecule has 8 heteroatoms. The molecule has 5 rings (SSSR count). The number of aromatic nitrogens is 2. The van der Waals surface area contributed by atoms with Crippen molar-refractivity contribution in [2.24, 2.45) is 0 Å². The molecule has 0 spiro atoms. The molecule has 36 heavy (non-hydrogen) atoms. The Morgan fingerprint density at radius 3 is 2.42 bits per heavy atom. The number of hydrogen-bond donors (Lipinski definition) is 2. The van der Waals surface area contributed by atoms with Gasteiger partial charge >= 0.3 is 5.91 Å². The Morgan fingerprint density at radius 1 is 1.03 bits per heavy atom. The number of nitrogens with one attached hydrogen (secondary N) is 1. The van der Waals surface area contributed by atoms with E-state index < -0.39 is 17.7 Å². The minimum absolute atomic E-state index is 0.0155. The first-order valence-corrected chi connectivity index (χ1v) is 12.2. The fourth-order valence-electron chi connectivity index (χ4n) is 4.67. The van der Waals surface area contributed by atoms with Crippen molar-refractivity contribution in [2.45, 2.75) is 19.9 Å². The number of carbonyl (C=O) groups is 2. The summed E-state index contributed by atoms with van der Waals surface area (Å²) in [4.78, 5) is 38.0. The molecule has 1 fully saturated rings. The van der Waals surface area contributed by atoms with Gasteiger partial charge in [-0.05, 0) is 55.8 Å². The highest BCUT2D eigenvalue weighted by Crippen LogP contribution is 2.42. The Hall–Kier alpha value is -4.10. The molecule has 2 heterocycles. The third-order valence-electron chi connectivity index (χ3n) is 6.48. The van der Waals surface area contributed by atoms with E-state index in [9.17, 15) is 14.7 Å². The SMILES string of the molecule is CCN(CC)c1ccc(C2/C(=C(\O)c3cccc(Cl)c3)C(=O)C(=O)N2c2nc3ccccc3[nH]2)cc1. The third kappa shape index (κ3) is 4.01. The van der Waals surface area contributed by atoms with Gasteiger partial charge in [0.25, 0.3) is 5.78 Å². The van der Waals surface area contributed by atoms with E-state index >= 15 is 0 Å². The molecule has 7 nitrogen and oxygen atoms in total. The lowest BCUT2D eigenvalue weighted by atomic mass is 9.95. The summed E-state index contributed by atoms with van der Waals surface area (Å²) >= 11 is 6.14. The normalized spacial score (nSPS) is 17.2. The van der Waals surface area contributed by atoms with Crippen LogP contribution in [0.2, 0.25) is 5.02 Å². The van der Waals surface area contributed by atoms with E-state index in [1.54, 1.807) is 24.3 Å². The predicted molar refractivity (Wildman–Crippen MR) is 142 cm³/mol. The highest BCUT2D eigenvalue weighted by molar-refractivity contribution is 6.51. The quantitative estimate of drug-likeness (QED) is 0.202. The lowest BCUT2D eigenvalue weighted by Crippen LogP contribution is -2.30. The minimum atomic E-state index is -0.879. The van der Waals surface area contributed by atoms with Crippen LogP contribution < -0.4 is 9.80 Å². The summed E-state index contributed by atoms with van der Waals surface area (Å²) in [6.07, 6.45) is 0. The van der Waals surface area contributed by atoms with Crippen LogP contribution in [-0.4, -0.2) is 39.9 Å². The Balaban J connectivity index is 1.69. The van der Waals surface area contributed by atoms with Crippen LogP contribution in [0.15, 0.2) is 78.4 Å². The summed E-state index contributed by atoms with van der Waals surface area (Å²) < 4.78 is 0. The third-order valence-corrected chi connectivity index (χ3v) is 6.72. The molecule has 182 valence electrons. The van der Waals surface area contributed by atoms with Gasteiger partial charge in [0.05, 0.1) is 22.6 Å². The van der Waals surface area contributed by atoms with Gasteiger partial charge in [-0.3, -0.25) is 14.5 Å². The van der Waals surface area contributed by atoms with Crippen LogP contribution in [0.5, 0.6) is 0 Å². The molecule has 0 saturated carbocycles. The molecule has 1 amide bonds. The maximum absolute atomic E-state index is 13.4. The van der Waals surface area contributed by atoms with Crippen LogP contribution in [-0.2, 0) is 9.59 Å².